The van der Waals surface area contributed by atoms with Crippen LogP contribution < -0.4 is 0 Å². The monoisotopic (exact) mass is 200 g/mol. The second-order valence-electron chi connectivity index (χ2n) is 1.36. The summed E-state index contributed by atoms with van der Waals surface area (Å²) in [5.41, 5.74) is 0. The van der Waals surface area contributed by atoms with Crippen molar-refractivity contribution in [3.8, 4) is 0 Å². The highest BCUT2D eigenvalue weighted by atomic mass is 13.5. The maximum atomic E-state index is 3.48. The third-order valence-electron chi connectivity index (χ3n) is 0.622. The third kappa shape index (κ3) is 787. The summed E-state index contributed by atoms with van der Waals surface area (Å²) in [6.07, 6.45) is 6.96. The highest BCUT2D eigenvalue weighted by molar-refractivity contribution is 4.68. The summed E-state index contributed by atoms with van der Waals surface area (Å²) in [5.74, 6) is 0. The van der Waals surface area contributed by atoms with Crippen LogP contribution in [0.4, 0.5) is 0 Å². The summed E-state index contributed by atoms with van der Waals surface area (Å²) >= 11 is 0. The molecule has 88 valence electrons. The fourth-order valence-corrected chi connectivity index (χ4v) is 0. The molecule has 0 aliphatic rings. The molecule has 0 aromatic heterocycles. The highest BCUT2D eigenvalue weighted by Crippen LogP contribution is 1.66. The van der Waals surface area contributed by atoms with Crippen molar-refractivity contribution < 1.29 is 0 Å². The van der Waals surface area contributed by atoms with Crippen LogP contribution in [0.25, 0.3) is 0 Å². The number of allylic oxidation sites excluding steroid dienone is 3. The first kappa shape index (κ1) is 29.2. The molecule has 0 bridgehead atoms. The van der Waals surface area contributed by atoms with Crippen LogP contribution in [0.2, 0.25) is 0 Å². The van der Waals surface area contributed by atoms with Crippen LogP contribution in [0.15, 0.2) is 38.0 Å². The molecule has 0 saturated heterocycles. The molecule has 0 atom stereocenters. The second kappa shape index (κ2) is 148. The number of hydrogen-bond acceptors (Lipinski definition) is 0. The minimum Gasteiger partial charge on any atom is -0.106 e. The van der Waals surface area contributed by atoms with Crippen molar-refractivity contribution >= 4 is 0 Å². The van der Waals surface area contributed by atoms with Crippen LogP contribution in [-0.4, -0.2) is 0 Å². The van der Waals surface area contributed by atoms with E-state index in [2.05, 4.69) is 26.7 Å². The van der Waals surface area contributed by atoms with Crippen molar-refractivity contribution in [1.29, 1.82) is 0 Å². The van der Waals surface area contributed by atoms with Gasteiger partial charge in [-0.3, -0.25) is 0 Å². The Hall–Kier alpha value is -0.780. The molecule has 0 rings (SSSR count). The lowest BCUT2D eigenvalue weighted by molar-refractivity contribution is 1.23. The number of rotatable bonds is 1. The predicted octanol–water partition coefficient (Wildman–Crippen LogP) is 6.02. The van der Waals surface area contributed by atoms with E-state index in [1.165, 1.54) is 0 Å². The lowest BCUT2D eigenvalue weighted by atomic mass is 10.5. The molecule has 0 aromatic rings. The van der Waals surface area contributed by atoms with Gasteiger partial charge >= 0.3 is 0 Å². The Bertz CT molecular complexity index is 56.4. The summed E-state index contributed by atoms with van der Waals surface area (Å²) in [4.78, 5) is 0. The molecule has 0 fully saturated rings. The molecule has 0 aliphatic heterocycles. The van der Waals surface area contributed by atoms with E-state index in [0.29, 0.717) is 0 Å². The molecule has 0 nitrogen and oxygen atoms in total. The van der Waals surface area contributed by atoms with Gasteiger partial charge < -0.3 is 0 Å². The van der Waals surface area contributed by atoms with E-state index in [4.69, 9.17) is 0 Å². The Morgan fingerprint density at radius 3 is 1.00 bits per heavy atom. The van der Waals surface area contributed by atoms with Gasteiger partial charge in [0.15, 0.2) is 0 Å². The van der Waals surface area contributed by atoms with Gasteiger partial charge in [-0.1, -0.05) is 52.8 Å². The van der Waals surface area contributed by atoms with Crippen molar-refractivity contribution in [3.63, 3.8) is 0 Å². The van der Waals surface area contributed by atoms with Gasteiger partial charge in [0.25, 0.3) is 0 Å². The molecule has 0 aromatic carbocycles. The van der Waals surface area contributed by atoms with Crippen molar-refractivity contribution in [2.45, 2.75) is 54.9 Å². The molecule has 0 saturated carbocycles. The zero-order chi connectivity index (χ0) is 12.8. The fraction of sp³-hybridized carbons (Fsp3) is 0.571. The molecule has 14 heavy (non-hydrogen) atoms. The summed E-state index contributed by atoms with van der Waals surface area (Å²) in [6, 6.07) is 0. The van der Waals surface area contributed by atoms with Crippen LogP contribution in [0.1, 0.15) is 54.9 Å². The van der Waals surface area contributed by atoms with Gasteiger partial charge in [0.05, 0.1) is 0 Å². The summed E-state index contributed by atoms with van der Waals surface area (Å²) < 4.78 is 0. The Morgan fingerprint density at radius 2 is 1.00 bits per heavy atom. The molecule has 0 aliphatic carbocycles. The molecule has 0 heterocycles. The predicted molar refractivity (Wildman–Crippen MR) is 74.9 cm³/mol. The van der Waals surface area contributed by atoms with E-state index in [-0.39, 0.29) is 0 Å². The van der Waals surface area contributed by atoms with Crippen molar-refractivity contribution in [2.24, 2.45) is 0 Å². The molecule has 0 radical (unpaired) electrons. The average Bonchev–Trinajstić information content (AvgIpc) is 2.36. The van der Waals surface area contributed by atoms with Gasteiger partial charge in [0.2, 0.25) is 0 Å². The van der Waals surface area contributed by atoms with Crippen LogP contribution in [-0.2, 0) is 0 Å². The van der Waals surface area contributed by atoms with E-state index in [9.17, 15) is 0 Å². The molecule has 0 N–H and O–H groups in total. The van der Waals surface area contributed by atoms with Gasteiger partial charge in [0, 0.05) is 0 Å². The second-order valence-corrected chi connectivity index (χ2v) is 1.36. The smallest absolute Gasteiger partial charge is 0.0382 e. The van der Waals surface area contributed by atoms with E-state index < -0.39 is 0 Å². The quantitative estimate of drug-likeness (QED) is 0.454. The number of hydrogen-bond donors (Lipinski definition) is 0. The molecule has 0 amide bonds. The summed E-state index contributed by atoms with van der Waals surface area (Å²) in [5, 5.41) is 0. The Balaban J connectivity index is -0.0000000255. The Labute approximate surface area is 93.4 Å². The van der Waals surface area contributed by atoms with Gasteiger partial charge in [-0.25, -0.2) is 0 Å². The molecular weight excluding hydrogens is 168 g/mol. The first-order chi connectivity index (χ1) is 6.83. The minimum atomic E-state index is 1.08. The van der Waals surface area contributed by atoms with Crippen molar-refractivity contribution in [3.05, 3.63) is 38.0 Å². The molecular formula is C14H32. The summed E-state index contributed by atoms with van der Waals surface area (Å²) in [7, 11) is 0. The van der Waals surface area contributed by atoms with E-state index in [1.807, 2.05) is 59.8 Å². The lowest BCUT2D eigenvalue weighted by Crippen LogP contribution is -1.36. The average molecular weight is 200 g/mol. The Kier molecular flexibility index (Phi) is 310. The maximum Gasteiger partial charge on any atom is -0.0382 e. The molecule has 0 spiro atoms. The van der Waals surface area contributed by atoms with Crippen LogP contribution in [0.5, 0.6) is 0 Å². The van der Waals surface area contributed by atoms with E-state index in [1.54, 1.807) is 0 Å². The third-order valence-corrected chi connectivity index (χ3v) is 0.622. The minimum absolute atomic E-state index is 1.08. The zero-order valence-electron chi connectivity index (χ0n) is 11.6. The first-order valence-corrected chi connectivity index (χ1v) is 5.51. The van der Waals surface area contributed by atoms with Gasteiger partial charge in [0.1, 0.15) is 0 Å². The normalized spacial score (nSPS) is 5.64. The van der Waals surface area contributed by atoms with Gasteiger partial charge in [-0.2, -0.15) is 0 Å². The van der Waals surface area contributed by atoms with Crippen LogP contribution in [0, 0.1) is 0 Å². The SMILES string of the molecule is C/C=C\C.C=C.C=CCC.CC.CC. The summed E-state index contributed by atoms with van der Waals surface area (Å²) in [6.45, 7) is 23.5. The lowest BCUT2D eigenvalue weighted by Gasteiger charge is -1.57. The highest BCUT2D eigenvalue weighted by Gasteiger charge is 1.45. The van der Waals surface area contributed by atoms with Gasteiger partial charge in [-0.05, 0) is 20.3 Å². The topological polar surface area (TPSA) is 0 Å². The van der Waals surface area contributed by atoms with Gasteiger partial charge in [-0.15, -0.1) is 19.7 Å². The largest absolute Gasteiger partial charge is 0.106 e. The first-order valence-electron chi connectivity index (χ1n) is 5.51. The van der Waals surface area contributed by atoms with E-state index in [0.717, 1.165) is 6.42 Å². The van der Waals surface area contributed by atoms with Crippen LogP contribution in [0.3, 0.4) is 0 Å². The standard InChI is InChI=1S/2C4H8.2C2H6.C2H4/c2*1-3-4-2;3*1-2/h3-4H,1-2H3;3H,1,4H2,2H3;2*1-2H3;1-2H2/b4-3-;;;;. The van der Waals surface area contributed by atoms with E-state index >= 15 is 0 Å². The van der Waals surface area contributed by atoms with Crippen molar-refractivity contribution in [2.75, 3.05) is 0 Å². The van der Waals surface area contributed by atoms with Crippen LogP contribution >= 0.6 is 0 Å². The maximum absolute atomic E-state index is 3.48. The van der Waals surface area contributed by atoms with Crippen molar-refractivity contribution in [1.82, 2.24) is 0 Å². The molecule has 0 unspecified atom stereocenters. The Morgan fingerprint density at radius 1 is 0.857 bits per heavy atom. The molecule has 0 heteroatoms. The fourth-order valence-electron chi connectivity index (χ4n) is 0. The zero-order valence-corrected chi connectivity index (χ0v) is 11.6.